The summed E-state index contributed by atoms with van der Waals surface area (Å²) < 4.78 is 13.0. The number of amides is 1. The number of aliphatic hydroxyl groups is 1. The summed E-state index contributed by atoms with van der Waals surface area (Å²) in [5.74, 6) is -0.673. The van der Waals surface area contributed by atoms with E-state index in [0.29, 0.717) is 24.9 Å². The molecule has 1 rings (SSSR count). The Balaban J connectivity index is 2.41. The first-order chi connectivity index (χ1) is 8.58. The maximum atomic E-state index is 13.0. The van der Waals surface area contributed by atoms with Crippen LogP contribution in [0.15, 0.2) is 18.2 Å². The summed E-state index contributed by atoms with van der Waals surface area (Å²) in [6, 6.07) is 4.94. The Kier molecular flexibility index (Phi) is 5.78. The van der Waals surface area contributed by atoms with E-state index in [9.17, 15) is 9.18 Å². The quantitative estimate of drug-likeness (QED) is 0.812. The summed E-state index contributed by atoms with van der Waals surface area (Å²) in [5, 5.41) is 11.8. The minimum absolute atomic E-state index is 0.126. The van der Waals surface area contributed by atoms with E-state index in [0.717, 1.165) is 5.56 Å². The first-order valence-corrected chi connectivity index (χ1v) is 6.22. The van der Waals surface area contributed by atoms with E-state index >= 15 is 0 Å². The van der Waals surface area contributed by atoms with Gasteiger partial charge in [-0.2, -0.15) is 0 Å². The molecule has 2 N–H and O–H groups in total. The molecule has 0 bridgehead atoms. The summed E-state index contributed by atoms with van der Waals surface area (Å²) in [5.41, 5.74) is 1.60. The van der Waals surface area contributed by atoms with Crippen LogP contribution in [-0.4, -0.2) is 24.2 Å². The van der Waals surface area contributed by atoms with Gasteiger partial charge in [-0.25, -0.2) is 4.39 Å². The van der Waals surface area contributed by atoms with E-state index < -0.39 is 0 Å². The molecule has 1 aromatic carbocycles. The minimum atomic E-state index is -0.333. The fourth-order valence-corrected chi connectivity index (χ4v) is 1.73. The van der Waals surface area contributed by atoms with Crippen LogP contribution in [0.2, 0.25) is 0 Å². The standard InChI is InChI=1S/C14H20FNO2/c1-3-12(9-17)14(18)16-7-6-11-4-5-13(15)10(2)8-11/h4-5,8,12,17H,3,6-7,9H2,1-2H3,(H,16,18). The Morgan fingerprint density at radius 2 is 2.22 bits per heavy atom. The first-order valence-electron chi connectivity index (χ1n) is 6.22. The molecule has 0 fully saturated rings. The summed E-state index contributed by atoms with van der Waals surface area (Å²) in [6.45, 7) is 3.96. The highest BCUT2D eigenvalue weighted by Crippen LogP contribution is 2.09. The highest BCUT2D eigenvalue weighted by Gasteiger charge is 2.14. The molecule has 0 saturated heterocycles. The molecular formula is C14H20FNO2. The summed E-state index contributed by atoms with van der Waals surface area (Å²) in [4.78, 5) is 11.6. The second-order valence-electron chi connectivity index (χ2n) is 4.41. The van der Waals surface area contributed by atoms with Gasteiger partial charge in [0, 0.05) is 6.54 Å². The van der Waals surface area contributed by atoms with Crippen LogP contribution in [0.25, 0.3) is 0 Å². The third-order valence-corrected chi connectivity index (χ3v) is 3.02. The molecule has 4 heteroatoms. The summed E-state index contributed by atoms with van der Waals surface area (Å²) in [7, 11) is 0. The average molecular weight is 253 g/mol. The molecule has 18 heavy (non-hydrogen) atoms. The van der Waals surface area contributed by atoms with Gasteiger partial charge in [0.1, 0.15) is 5.82 Å². The molecule has 1 amide bonds. The third-order valence-electron chi connectivity index (χ3n) is 3.02. The molecule has 0 aromatic heterocycles. The van der Waals surface area contributed by atoms with Crippen molar-refractivity contribution in [3.8, 4) is 0 Å². The van der Waals surface area contributed by atoms with E-state index in [-0.39, 0.29) is 24.2 Å². The molecule has 3 nitrogen and oxygen atoms in total. The third kappa shape index (κ3) is 4.11. The molecule has 1 aromatic rings. The molecule has 0 radical (unpaired) electrons. The smallest absolute Gasteiger partial charge is 0.225 e. The molecule has 0 aliphatic heterocycles. The number of hydrogen-bond acceptors (Lipinski definition) is 2. The zero-order chi connectivity index (χ0) is 13.5. The molecule has 100 valence electrons. The van der Waals surface area contributed by atoms with Crippen LogP contribution in [0.3, 0.4) is 0 Å². The van der Waals surface area contributed by atoms with Crippen molar-refractivity contribution in [2.45, 2.75) is 26.7 Å². The Bertz CT molecular complexity index is 403. The highest BCUT2D eigenvalue weighted by molar-refractivity contribution is 5.78. The second kappa shape index (κ2) is 7.11. The fraction of sp³-hybridized carbons (Fsp3) is 0.500. The Labute approximate surface area is 107 Å². The van der Waals surface area contributed by atoms with Crippen LogP contribution in [0.4, 0.5) is 4.39 Å². The van der Waals surface area contributed by atoms with Crippen LogP contribution >= 0.6 is 0 Å². The number of rotatable bonds is 6. The Hall–Kier alpha value is -1.42. The molecule has 0 spiro atoms. The lowest BCUT2D eigenvalue weighted by Gasteiger charge is -2.12. The van der Waals surface area contributed by atoms with Gasteiger partial charge in [-0.05, 0) is 37.0 Å². The number of carbonyl (C=O) groups excluding carboxylic acids is 1. The number of halogens is 1. The molecule has 0 heterocycles. The van der Waals surface area contributed by atoms with Crippen molar-refractivity contribution in [2.75, 3.05) is 13.2 Å². The molecule has 0 aliphatic rings. The number of aliphatic hydroxyl groups excluding tert-OH is 1. The van der Waals surface area contributed by atoms with Gasteiger partial charge >= 0.3 is 0 Å². The van der Waals surface area contributed by atoms with Gasteiger partial charge in [-0.3, -0.25) is 4.79 Å². The lowest BCUT2D eigenvalue weighted by molar-refractivity contribution is -0.126. The van der Waals surface area contributed by atoms with E-state index in [1.807, 2.05) is 6.92 Å². The SMILES string of the molecule is CCC(CO)C(=O)NCCc1ccc(F)c(C)c1. The Morgan fingerprint density at radius 1 is 1.50 bits per heavy atom. The van der Waals surface area contributed by atoms with Crippen LogP contribution in [0, 0.1) is 18.7 Å². The highest BCUT2D eigenvalue weighted by atomic mass is 19.1. The second-order valence-corrected chi connectivity index (χ2v) is 4.41. The van der Waals surface area contributed by atoms with E-state index in [2.05, 4.69) is 5.32 Å². The normalized spacial score (nSPS) is 12.2. The van der Waals surface area contributed by atoms with Gasteiger partial charge in [-0.1, -0.05) is 19.1 Å². The molecule has 0 saturated carbocycles. The molecular weight excluding hydrogens is 233 g/mol. The maximum absolute atomic E-state index is 13.0. The van der Waals surface area contributed by atoms with Crippen molar-refractivity contribution in [1.29, 1.82) is 0 Å². The monoisotopic (exact) mass is 253 g/mol. The number of hydrogen-bond donors (Lipinski definition) is 2. The van der Waals surface area contributed by atoms with Crippen molar-refractivity contribution >= 4 is 5.91 Å². The van der Waals surface area contributed by atoms with Gasteiger partial charge in [0.25, 0.3) is 0 Å². The summed E-state index contributed by atoms with van der Waals surface area (Å²) >= 11 is 0. The topological polar surface area (TPSA) is 49.3 Å². The lowest BCUT2D eigenvalue weighted by atomic mass is 10.1. The first kappa shape index (κ1) is 14.6. The van der Waals surface area contributed by atoms with Gasteiger partial charge < -0.3 is 10.4 Å². The van der Waals surface area contributed by atoms with Crippen LogP contribution in [0.1, 0.15) is 24.5 Å². The van der Waals surface area contributed by atoms with Crippen molar-refractivity contribution in [1.82, 2.24) is 5.32 Å². The molecule has 1 unspecified atom stereocenters. The van der Waals surface area contributed by atoms with Crippen molar-refractivity contribution in [2.24, 2.45) is 5.92 Å². The largest absolute Gasteiger partial charge is 0.396 e. The zero-order valence-electron chi connectivity index (χ0n) is 10.9. The van der Waals surface area contributed by atoms with Crippen LogP contribution < -0.4 is 5.32 Å². The number of nitrogens with one attached hydrogen (secondary N) is 1. The van der Waals surface area contributed by atoms with Gasteiger partial charge in [-0.15, -0.1) is 0 Å². The number of benzene rings is 1. The van der Waals surface area contributed by atoms with Crippen molar-refractivity contribution < 1.29 is 14.3 Å². The van der Waals surface area contributed by atoms with Crippen LogP contribution in [0.5, 0.6) is 0 Å². The number of aryl methyl sites for hydroxylation is 1. The van der Waals surface area contributed by atoms with Crippen molar-refractivity contribution in [3.05, 3.63) is 35.1 Å². The van der Waals surface area contributed by atoms with Gasteiger partial charge in [0.2, 0.25) is 5.91 Å². The van der Waals surface area contributed by atoms with E-state index in [4.69, 9.17) is 5.11 Å². The minimum Gasteiger partial charge on any atom is -0.396 e. The summed E-state index contributed by atoms with van der Waals surface area (Å²) in [6.07, 6.45) is 1.28. The molecule has 0 aliphatic carbocycles. The van der Waals surface area contributed by atoms with Gasteiger partial charge in [0.05, 0.1) is 12.5 Å². The molecule has 1 atom stereocenters. The average Bonchev–Trinajstić information content (AvgIpc) is 2.35. The fourth-order valence-electron chi connectivity index (χ4n) is 1.73. The predicted octanol–water partition coefficient (Wildman–Crippen LogP) is 1.81. The number of carbonyl (C=O) groups is 1. The predicted molar refractivity (Wildman–Crippen MR) is 68.7 cm³/mol. The van der Waals surface area contributed by atoms with Crippen molar-refractivity contribution in [3.63, 3.8) is 0 Å². The Morgan fingerprint density at radius 3 is 2.78 bits per heavy atom. The zero-order valence-corrected chi connectivity index (χ0v) is 10.9. The van der Waals surface area contributed by atoms with Gasteiger partial charge in [0.15, 0.2) is 0 Å². The lowest BCUT2D eigenvalue weighted by Crippen LogP contribution is -2.33. The maximum Gasteiger partial charge on any atom is 0.225 e. The van der Waals surface area contributed by atoms with E-state index in [1.54, 1.807) is 19.1 Å². The van der Waals surface area contributed by atoms with E-state index in [1.165, 1.54) is 6.07 Å². The van der Waals surface area contributed by atoms with Crippen LogP contribution in [-0.2, 0) is 11.2 Å².